The summed E-state index contributed by atoms with van der Waals surface area (Å²) in [6.07, 6.45) is 3.83. The Balaban J connectivity index is 2.04. The first kappa shape index (κ1) is 19.4. The maximum Gasteiger partial charge on any atom is 0.307 e. The molecule has 0 aliphatic rings. The van der Waals surface area contributed by atoms with Crippen LogP contribution < -0.4 is 4.74 Å². The smallest absolute Gasteiger partial charge is 0.307 e. The molecule has 6 nitrogen and oxygen atoms in total. The highest BCUT2D eigenvalue weighted by molar-refractivity contribution is 5.79. The summed E-state index contributed by atoms with van der Waals surface area (Å²) in [4.78, 5) is 30.2. The van der Waals surface area contributed by atoms with Crippen LogP contribution in [-0.4, -0.2) is 42.0 Å². The molecule has 0 aliphatic heterocycles. The Morgan fingerprint density at radius 3 is 2.50 bits per heavy atom. The molecule has 0 bridgehead atoms. The highest BCUT2D eigenvalue weighted by Crippen LogP contribution is 2.13. The molecule has 0 saturated carbocycles. The van der Waals surface area contributed by atoms with Gasteiger partial charge in [-0.05, 0) is 36.2 Å². The van der Waals surface area contributed by atoms with Gasteiger partial charge in [0.2, 0.25) is 5.91 Å². The molecule has 1 amide bonds. The molecule has 0 aliphatic carbocycles. The SMILES string of the molecule is CCOC(=O)CCN(Cc1cccnc1)C(=O)Cc1ccc(OC)cc1. The van der Waals surface area contributed by atoms with E-state index in [1.807, 2.05) is 36.4 Å². The lowest BCUT2D eigenvalue weighted by Gasteiger charge is -2.22. The number of hydrogen-bond donors (Lipinski definition) is 0. The molecule has 0 radical (unpaired) electrons. The van der Waals surface area contributed by atoms with E-state index in [0.717, 1.165) is 16.9 Å². The van der Waals surface area contributed by atoms with Crippen LogP contribution in [0, 0.1) is 0 Å². The zero-order chi connectivity index (χ0) is 18.8. The van der Waals surface area contributed by atoms with Crippen LogP contribution in [-0.2, 0) is 27.3 Å². The first-order valence-corrected chi connectivity index (χ1v) is 8.57. The predicted molar refractivity (Wildman–Crippen MR) is 97.6 cm³/mol. The summed E-state index contributed by atoms with van der Waals surface area (Å²) < 4.78 is 10.1. The van der Waals surface area contributed by atoms with Crippen molar-refractivity contribution in [1.82, 2.24) is 9.88 Å². The zero-order valence-electron chi connectivity index (χ0n) is 15.2. The minimum Gasteiger partial charge on any atom is -0.497 e. The molecule has 0 fully saturated rings. The minimum atomic E-state index is -0.305. The molecule has 138 valence electrons. The Kier molecular flexibility index (Phi) is 7.61. The average molecular weight is 356 g/mol. The van der Waals surface area contributed by atoms with E-state index in [9.17, 15) is 9.59 Å². The number of methoxy groups -OCH3 is 1. The maximum absolute atomic E-state index is 12.8. The van der Waals surface area contributed by atoms with Gasteiger partial charge in [-0.3, -0.25) is 14.6 Å². The van der Waals surface area contributed by atoms with Crippen molar-refractivity contribution in [1.29, 1.82) is 0 Å². The number of carbonyl (C=O) groups excluding carboxylic acids is 2. The molecular formula is C20H24N2O4. The molecule has 1 aromatic heterocycles. The fourth-order valence-electron chi connectivity index (χ4n) is 2.49. The maximum atomic E-state index is 12.8. The van der Waals surface area contributed by atoms with Gasteiger partial charge in [-0.15, -0.1) is 0 Å². The Labute approximate surface area is 153 Å². The van der Waals surface area contributed by atoms with Crippen LogP contribution >= 0.6 is 0 Å². The molecule has 1 heterocycles. The van der Waals surface area contributed by atoms with Gasteiger partial charge in [0, 0.05) is 25.5 Å². The van der Waals surface area contributed by atoms with Crippen LogP contribution in [0.2, 0.25) is 0 Å². The summed E-state index contributed by atoms with van der Waals surface area (Å²) in [5, 5.41) is 0. The quantitative estimate of drug-likeness (QED) is 0.646. The van der Waals surface area contributed by atoms with E-state index in [1.54, 1.807) is 31.3 Å². The standard InChI is InChI=1S/C20H24N2O4/c1-3-26-20(24)10-12-22(15-17-5-4-11-21-14-17)19(23)13-16-6-8-18(25-2)9-7-16/h4-9,11,14H,3,10,12-13,15H2,1-2H3. The van der Waals surface area contributed by atoms with Crippen molar-refractivity contribution < 1.29 is 19.1 Å². The van der Waals surface area contributed by atoms with Crippen molar-refractivity contribution in [3.05, 3.63) is 59.9 Å². The summed E-state index contributed by atoms with van der Waals surface area (Å²) in [5.41, 5.74) is 1.81. The fraction of sp³-hybridized carbons (Fsp3) is 0.350. The van der Waals surface area contributed by atoms with E-state index >= 15 is 0 Å². The third-order valence-corrected chi connectivity index (χ3v) is 3.85. The molecule has 2 rings (SSSR count). The summed E-state index contributed by atoms with van der Waals surface area (Å²) in [5.74, 6) is 0.389. The summed E-state index contributed by atoms with van der Waals surface area (Å²) in [6, 6.07) is 11.1. The first-order valence-electron chi connectivity index (χ1n) is 8.57. The first-order chi connectivity index (χ1) is 12.6. The van der Waals surface area contributed by atoms with Gasteiger partial charge in [-0.2, -0.15) is 0 Å². The normalized spacial score (nSPS) is 10.2. The molecule has 2 aromatic rings. The number of esters is 1. The van der Waals surface area contributed by atoms with Gasteiger partial charge in [-0.25, -0.2) is 0 Å². The number of benzene rings is 1. The van der Waals surface area contributed by atoms with Crippen molar-refractivity contribution in [3.63, 3.8) is 0 Å². The van der Waals surface area contributed by atoms with Crippen molar-refractivity contribution in [2.45, 2.75) is 26.3 Å². The van der Waals surface area contributed by atoms with Gasteiger partial charge in [0.05, 0.1) is 26.6 Å². The topological polar surface area (TPSA) is 68.7 Å². The summed E-state index contributed by atoms with van der Waals surface area (Å²) in [6.45, 7) is 2.81. The number of hydrogen-bond acceptors (Lipinski definition) is 5. The van der Waals surface area contributed by atoms with Crippen molar-refractivity contribution >= 4 is 11.9 Å². The third kappa shape index (κ3) is 6.20. The average Bonchev–Trinajstić information content (AvgIpc) is 2.66. The van der Waals surface area contributed by atoms with Crippen LogP contribution in [0.15, 0.2) is 48.8 Å². The second-order valence-electron chi connectivity index (χ2n) is 5.76. The van der Waals surface area contributed by atoms with Crippen molar-refractivity contribution in [2.75, 3.05) is 20.3 Å². The number of pyridine rings is 1. The van der Waals surface area contributed by atoms with Gasteiger partial charge >= 0.3 is 5.97 Å². The number of nitrogens with zero attached hydrogens (tertiary/aromatic N) is 2. The zero-order valence-corrected chi connectivity index (χ0v) is 15.2. The largest absolute Gasteiger partial charge is 0.497 e. The molecular weight excluding hydrogens is 332 g/mol. The molecule has 26 heavy (non-hydrogen) atoms. The van der Waals surface area contributed by atoms with E-state index in [-0.39, 0.29) is 24.7 Å². The molecule has 0 N–H and O–H groups in total. The van der Waals surface area contributed by atoms with Crippen LogP contribution in [0.1, 0.15) is 24.5 Å². The van der Waals surface area contributed by atoms with Crippen LogP contribution in [0.5, 0.6) is 5.75 Å². The molecule has 0 spiro atoms. The van der Waals surface area contributed by atoms with E-state index in [1.165, 1.54) is 0 Å². The van der Waals surface area contributed by atoms with Crippen molar-refractivity contribution in [2.24, 2.45) is 0 Å². The van der Waals surface area contributed by atoms with E-state index in [2.05, 4.69) is 4.98 Å². The Morgan fingerprint density at radius 1 is 1.12 bits per heavy atom. The Bertz CT molecular complexity index is 702. The van der Waals surface area contributed by atoms with Gasteiger partial charge in [-0.1, -0.05) is 18.2 Å². The molecule has 0 unspecified atom stereocenters. The third-order valence-electron chi connectivity index (χ3n) is 3.85. The minimum absolute atomic E-state index is 0.0525. The highest BCUT2D eigenvalue weighted by Gasteiger charge is 2.17. The van der Waals surface area contributed by atoms with E-state index in [0.29, 0.717) is 19.7 Å². The predicted octanol–water partition coefficient (Wildman–Crippen LogP) is 2.61. The van der Waals surface area contributed by atoms with E-state index in [4.69, 9.17) is 9.47 Å². The number of aromatic nitrogens is 1. The lowest BCUT2D eigenvalue weighted by Crippen LogP contribution is -2.34. The number of carbonyl (C=O) groups is 2. The molecule has 1 aromatic carbocycles. The summed E-state index contributed by atoms with van der Waals surface area (Å²) in [7, 11) is 1.60. The van der Waals surface area contributed by atoms with Crippen LogP contribution in [0.4, 0.5) is 0 Å². The van der Waals surface area contributed by atoms with Crippen molar-refractivity contribution in [3.8, 4) is 5.75 Å². The van der Waals surface area contributed by atoms with Gasteiger partial charge in [0.25, 0.3) is 0 Å². The van der Waals surface area contributed by atoms with Gasteiger partial charge in [0.15, 0.2) is 0 Å². The lowest BCUT2D eigenvalue weighted by atomic mass is 10.1. The lowest BCUT2D eigenvalue weighted by molar-refractivity contribution is -0.144. The van der Waals surface area contributed by atoms with Gasteiger partial charge in [0.1, 0.15) is 5.75 Å². The second-order valence-corrected chi connectivity index (χ2v) is 5.76. The fourth-order valence-corrected chi connectivity index (χ4v) is 2.49. The monoisotopic (exact) mass is 356 g/mol. The van der Waals surface area contributed by atoms with E-state index < -0.39 is 0 Å². The number of rotatable bonds is 9. The number of ether oxygens (including phenoxy) is 2. The van der Waals surface area contributed by atoms with Crippen LogP contribution in [0.25, 0.3) is 0 Å². The molecule has 0 saturated heterocycles. The van der Waals surface area contributed by atoms with Crippen LogP contribution in [0.3, 0.4) is 0 Å². The Hall–Kier alpha value is -2.89. The summed E-state index contributed by atoms with van der Waals surface area (Å²) >= 11 is 0. The molecule has 6 heteroatoms. The highest BCUT2D eigenvalue weighted by atomic mass is 16.5. The molecule has 0 atom stereocenters. The Morgan fingerprint density at radius 2 is 1.88 bits per heavy atom. The van der Waals surface area contributed by atoms with Gasteiger partial charge < -0.3 is 14.4 Å². The second kappa shape index (κ2) is 10.2. The number of amides is 1.